The van der Waals surface area contributed by atoms with Gasteiger partial charge in [-0.2, -0.15) is 0 Å². The van der Waals surface area contributed by atoms with Gasteiger partial charge in [0, 0.05) is 38.6 Å². The first-order valence-corrected chi connectivity index (χ1v) is 8.25. The summed E-state index contributed by atoms with van der Waals surface area (Å²) in [6.45, 7) is 5.67. The number of morpholine rings is 1. The van der Waals surface area contributed by atoms with Crippen molar-refractivity contribution >= 4 is 6.03 Å². The molecule has 0 aliphatic carbocycles. The maximum absolute atomic E-state index is 12.9. The molecule has 5 nitrogen and oxygen atoms in total. The monoisotopic (exact) mass is 277 g/mol. The van der Waals surface area contributed by atoms with Crippen LogP contribution in [0.4, 0.5) is 4.79 Å². The van der Waals surface area contributed by atoms with Gasteiger partial charge in [-0.25, -0.2) is 4.79 Å². The van der Waals surface area contributed by atoms with Gasteiger partial charge in [0.1, 0.15) is 5.72 Å². The lowest BCUT2D eigenvalue weighted by Gasteiger charge is -2.51. The highest BCUT2D eigenvalue weighted by Gasteiger charge is 2.66. The highest BCUT2D eigenvalue weighted by molar-refractivity contribution is 5.76. The van der Waals surface area contributed by atoms with Gasteiger partial charge in [0.15, 0.2) is 0 Å². The summed E-state index contributed by atoms with van der Waals surface area (Å²) in [7, 11) is 0. The van der Waals surface area contributed by atoms with Crippen LogP contribution in [0.5, 0.6) is 0 Å². The van der Waals surface area contributed by atoms with Crippen LogP contribution in [0.3, 0.4) is 0 Å². The molecule has 5 rings (SSSR count). The number of fused-ring (bicyclic) bond motifs is 4. The third kappa shape index (κ3) is 1.24. The first-order chi connectivity index (χ1) is 9.80. The van der Waals surface area contributed by atoms with Gasteiger partial charge in [-0.3, -0.25) is 4.90 Å². The van der Waals surface area contributed by atoms with Crippen molar-refractivity contribution in [3.05, 3.63) is 0 Å². The molecule has 5 aliphatic rings. The van der Waals surface area contributed by atoms with Crippen molar-refractivity contribution in [3.63, 3.8) is 0 Å². The fraction of sp³-hybridized carbons (Fsp3) is 0.933. The highest BCUT2D eigenvalue weighted by Crippen LogP contribution is 2.52. The van der Waals surface area contributed by atoms with Crippen molar-refractivity contribution < 1.29 is 9.53 Å². The van der Waals surface area contributed by atoms with E-state index >= 15 is 0 Å². The number of hydrogen-bond acceptors (Lipinski definition) is 3. The molecular formula is C15H23N3O2. The summed E-state index contributed by atoms with van der Waals surface area (Å²) in [5, 5.41) is 0. The molecule has 5 fully saturated rings. The average molecular weight is 277 g/mol. The Morgan fingerprint density at radius 1 is 1.10 bits per heavy atom. The summed E-state index contributed by atoms with van der Waals surface area (Å²) >= 11 is 0. The SMILES string of the molecule is O=C1N2CCCC(C2)C23OCCN1C2C1CCCN3C1. The Labute approximate surface area is 119 Å². The van der Waals surface area contributed by atoms with Crippen molar-refractivity contribution in [1.29, 1.82) is 0 Å². The molecule has 5 aliphatic heterocycles. The normalized spacial score (nSPS) is 49.9. The second-order valence-electron chi connectivity index (χ2n) is 7.15. The Hall–Kier alpha value is -0.810. The third-order valence-corrected chi connectivity index (χ3v) is 6.35. The Kier molecular flexibility index (Phi) is 2.29. The number of carbonyl (C=O) groups excluding carboxylic acids is 1. The lowest BCUT2D eigenvalue weighted by atomic mass is 9.80. The number of carbonyl (C=O) groups is 1. The average Bonchev–Trinajstić information content (AvgIpc) is 2.73. The molecule has 5 unspecified atom stereocenters. The molecule has 0 spiro atoms. The fourth-order valence-corrected chi connectivity index (χ4v) is 5.71. The zero-order valence-corrected chi connectivity index (χ0v) is 12.0. The van der Waals surface area contributed by atoms with Crippen LogP contribution in [0, 0.1) is 11.8 Å². The van der Waals surface area contributed by atoms with Crippen LogP contribution >= 0.6 is 0 Å². The standard InChI is InChI=1S/C15H23N3O2/c19-14-16-5-2-4-12(10-16)15-13(18(14)7-8-20-15)11-3-1-6-17(15)9-11/h11-13H,1-10H2. The van der Waals surface area contributed by atoms with E-state index in [-0.39, 0.29) is 5.72 Å². The number of nitrogens with zero attached hydrogens (tertiary/aromatic N) is 3. The third-order valence-electron chi connectivity index (χ3n) is 6.35. The molecule has 6 bridgehead atoms. The molecule has 110 valence electrons. The summed E-state index contributed by atoms with van der Waals surface area (Å²) in [6.07, 6.45) is 4.89. The van der Waals surface area contributed by atoms with E-state index in [0.29, 0.717) is 23.9 Å². The van der Waals surface area contributed by atoms with Gasteiger partial charge in [-0.05, 0) is 31.6 Å². The first-order valence-electron chi connectivity index (χ1n) is 8.25. The number of urea groups is 1. The quantitative estimate of drug-likeness (QED) is 0.661. The minimum atomic E-state index is -0.149. The van der Waals surface area contributed by atoms with E-state index in [1.165, 1.54) is 19.3 Å². The molecule has 5 heterocycles. The second kappa shape index (κ2) is 3.89. The number of amides is 2. The van der Waals surface area contributed by atoms with Gasteiger partial charge in [-0.1, -0.05) is 0 Å². The van der Waals surface area contributed by atoms with Gasteiger partial charge < -0.3 is 14.5 Å². The molecule has 5 heteroatoms. The van der Waals surface area contributed by atoms with Crippen molar-refractivity contribution in [2.75, 3.05) is 39.3 Å². The summed E-state index contributed by atoms with van der Waals surface area (Å²) < 4.78 is 6.49. The van der Waals surface area contributed by atoms with E-state index < -0.39 is 0 Å². The molecule has 0 radical (unpaired) electrons. The number of piperidine rings is 2. The van der Waals surface area contributed by atoms with Crippen LogP contribution < -0.4 is 0 Å². The Balaban J connectivity index is 1.68. The molecule has 0 aromatic rings. The lowest BCUT2D eigenvalue weighted by molar-refractivity contribution is -0.218. The highest BCUT2D eigenvalue weighted by atomic mass is 16.5. The zero-order valence-electron chi connectivity index (χ0n) is 12.0. The number of rotatable bonds is 0. The minimum absolute atomic E-state index is 0.149. The molecule has 0 saturated carbocycles. The summed E-state index contributed by atoms with van der Waals surface area (Å²) in [6, 6.07) is 0.609. The van der Waals surface area contributed by atoms with Crippen LogP contribution in [0.25, 0.3) is 0 Å². The second-order valence-corrected chi connectivity index (χ2v) is 7.15. The summed E-state index contributed by atoms with van der Waals surface area (Å²) in [5.74, 6) is 1.15. The topological polar surface area (TPSA) is 36.0 Å². The molecular weight excluding hydrogens is 254 g/mol. The molecule has 0 aromatic heterocycles. The summed E-state index contributed by atoms with van der Waals surface area (Å²) in [4.78, 5) is 19.8. The van der Waals surface area contributed by atoms with E-state index in [2.05, 4.69) is 14.7 Å². The molecule has 0 aromatic carbocycles. The van der Waals surface area contributed by atoms with Gasteiger partial charge in [-0.15, -0.1) is 0 Å². The van der Waals surface area contributed by atoms with Crippen LogP contribution in [-0.2, 0) is 4.74 Å². The van der Waals surface area contributed by atoms with Crippen molar-refractivity contribution in [1.82, 2.24) is 14.7 Å². The van der Waals surface area contributed by atoms with Crippen LogP contribution in [0.2, 0.25) is 0 Å². The van der Waals surface area contributed by atoms with Gasteiger partial charge in [0.2, 0.25) is 0 Å². The van der Waals surface area contributed by atoms with E-state index in [4.69, 9.17) is 4.74 Å². The van der Waals surface area contributed by atoms with Gasteiger partial charge in [0.25, 0.3) is 0 Å². The Morgan fingerprint density at radius 2 is 2.00 bits per heavy atom. The zero-order chi connectivity index (χ0) is 13.3. The van der Waals surface area contributed by atoms with Crippen LogP contribution in [0.15, 0.2) is 0 Å². The molecule has 5 saturated heterocycles. The summed E-state index contributed by atoms with van der Waals surface area (Å²) in [5.41, 5.74) is -0.149. The number of hydrogen-bond donors (Lipinski definition) is 0. The minimum Gasteiger partial charge on any atom is -0.356 e. The number of ether oxygens (including phenoxy) is 1. The van der Waals surface area contributed by atoms with Crippen LogP contribution in [-0.4, -0.2) is 71.8 Å². The van der Waals surface area contributed by atoms with E-state index in [0.717, 1.165) is 45.8 Å². The van der Waals surface area contributed by atoms with Crippen molar-refractivity contribution in [2.24, 2.45) is 11.8 Å². The van der Waals surface area contributed by atoms with Crippen LogP contribution in [0.1, 0.15) is 25.7 Å². The van der Waals surface area contributed by atoms with Crippen molar-refractivity contribution in [3.8, 4) is 0 Å². The molecule has 0 N–H and O–H groups in total. The fourth-order valence-electron chi connectivity index (χ4n) is 5.71. The maximum atomic E-state index is 12.9. The van der Waals surface area contributed by atoms with E-state index in [1.54, 1.807) is 0 Å². The largest absolute Gasteiger partial charge is 0.356 e. The smallest absolute Gasteiger partial charge is 0.320 e. The molecule has 20 heavy (non-hydrogen) atoms. The lowest BCUT2D eigenvalue weighted by Crippen LogP contribution is -2.66. The predicted molar refractivity (Wildman–Crippen MR) is 73.2 cm³/mol. The van der Waals surface area contributed by atoms with E-state index in [9.17, 15) is 4.79 Å². The van der Waals surface area contributed by atoms with Crippen molar-refractivity contribution in [2.45, 2.75) is 37.5 Å². The Bertz CT molecular complexity index is 456. The van der Waals surface area contributed by atoms with Gasteiger partial charge in [0.05, 0.1) is 12.6 Å². The molecule has 5 atom stereocenters. The van der Waals surface area contributed by atoms with Gasteiger partial charge >= 0.3 is 6.03 Å². The first kappa shape index (κ1) is 11.8. The maximum Gasteiger partial charge on any atom is 0.320 e. The van der Waals surface area contributed by atoms with E-state index in [1.807, 2.05) is 0 Å². The molecule has 2 amide bonds. The Morgan fingerprint density at radius 3 is 2.95 bits per heavy atom. The predicted octanol–water partition coefficient (Wildman–Crippen LogP) is 0.955.